The van der Waals surface area contributed by atoms with Gasteiger partial charge < -0.3 is 19.9 Å². The summed E-state index contributed by atoms with van der Waals surface area (Å²) in [6.07, 6.45) is 2.21. The number of rotatable bonds is 7. The molecule has 28 heavy (non-hydrogen) atoms. The van der Waals surface area contributed by atoms with Gasteiger partial charge >= 0.3 is 17.9 Å². The third kappa shape index (κ3) is 6.07. The van der Waals surface area contributed by atoms with E-state index in [-0.39, 0.29) is 0 Å². The second-order valence-corrected chi connectivity index (χ2v) is 6.84. The van der Waals surface area contributed by atoms with E-state index in [9.17, 15) is 24.3 Å². The van der Waals surface area contributed by atoms with Crippen molar-refractivity contribution in [3.8, 4) is 0 Å². The molecule has 1 saturated carbocycles. The Morgan fingerprint density at radius 2 is 1.46 bits per heavy atom. The van der Waals surface area contributed by atoms with Crippen molar-refractivity contribution in [2.45, 2.75) is 64.1 Å². The fourth-order valence-corrected chi connectivity index (χ4v) is 3.34. The number of nitrogens with one attached hydrogen (secondary N) is 1. The van der Waals surface area contributed by atoms with Crippen LogP contribution in [0.15, 0.2) is 24.3 Å². The van der Waals surface area contributed by atoms with E-state index >= 15 is 0 Å². The van der Waals surface area contributed by atoms with Crippen molar-refractivity contribution in [2.24, 2.45) is 0 Å². The molecular formula is C20H25NO7. The molecule has 1 amide bonds. The van der Waals surface area contributed by atoms with Gasteiger partial charge in [-0.15, -0.1) is 0 Å². The zero-order chi connectivity index (χ0) is 20.7. The topological polar surface area (TPSA) is 119 Å². The second kappa shape index (κ2) is 9.87. The van der Waals surface area contributed by atoms with Crippen molar-refractivity contribution in [1.82, 2.24) is 0 Å². The quantitative estimate of drug-likeness (QED) is 0.686. The monoisotopic (exact) mass is 391 g/mol. The van der Waals surface area contributed by atoms with Crippen LogP contribution < -0.4 is 5.32 Å². The summed E-state index contributed by atoms with van der Waals surface area (Å²) in [7, 11) is 0. The molecule has 0 unspecified atom stereocenters. The number of carbonyl (C=O) groups excluding carboxylic acids is 3. The molecule has 0 heterocycles. The molecule has 0 bridgehead atoms. The molecule has 2 rings (SSSR count). The van der Waals surface area contributed by atoms with Gasteiger partial charge in [-0.1, -0.05) is 31.4 Å². The van der Waals surface area contributed by atoms with Crippen molar-refractivity contribution in [1.29, 1.82) is 0 Å². The van der Waals surface area contributed by atoms with Crippen LogP contribution in [-0.2, 0) is 28.7 Å². The average molecular weight is 391 g/mol. The maximum atomic E-state index is 12.5. The highest BCUT2D eigenvalue weighted by Crippen LogP contribution is 2.33. The van der Waals surface area contributed by atoms with E-state index in [0.717, 1.165) is 26.7 Å². The van der Waals surface area contributed by atoms with Crippen LogP contribution in [-0.4, -0.2) is 41.1 Å². The van der Waals surface area contributed by atoms with Crippen LogP contribution in [0.4, 0.5) is 5.69 Å². The Hall–Kier alpha value is -2.90. The molecule has 1 fully saturated rings. The molecule has 152 valence electrons. The molecule has 0 radical (unpaired) electrons. The summed E-state index contributed by atoms with van der Waals surface area (Å²) in [6.45, 7) is 2.04. The highest BCUT2D eigenvalue weighted by atomic mass is 16.6. The largest absolute Gasteiger partial charge is 0.478 e. The van der Waals surface area contributed by atoms with Crippen molar-refractivity contribution >= 4 is 29.5 Å². The van der Waals surface area contributed by atoms with Gasteiger partial charge in [-0.25, -0.2) is 4.79 Å². The van der Waals surface area contributed by atoms with Crippen molar-refractivity contribution in [3.63, 3.8) is 0 Å². The summed E-state index contributed by atoms with van der Waals surface area (Å²) in [4.78, 5) is 46.4. The number of aliphatic carboxylic acids is 1. The summed E-state index contributed by atoms with van der Waals surface area (Å²) in [5.41, 5.74) is 1.62. The molecule has 0 saturated heterocycles. The fraction of sp³-hybridized carbons (Fsp3) is 0.500. The fourth-order valence-electron chi connectivity index (χ4n) is 3.34. The van der Waals surface area contributed by atoms with Gasteiger partial charge in [0.1, 0.15) is 0 Å². The predicted molar refractivity (Wildman–Crippen MR) is 99.6 cm³/mol. The lowest BCUT2D eigenvalue weighted by molar-refractivity contribution is -0.179. The van der Waals surface area contributed by atoms with E-state index in [2.05, 4.69) is 10.1 Å². The van der Waals surface area contributed by atoms with E-state index < -0.39 is 36.0 Å². The molecule has 2 atom stereocenters. The Kier molecular flexibility index (Phi) is 7.54. The minimum atomic E-state index is -1.94. The first-order valence-electron chi connectivity index (χ1n) is 9.26. The first-order chi connectivity index (χ1) is 13.3. The Bertz CT molecular complexity index is 723. The number of hydrogen-bond acceptors (Lipinski definition) is 6. The number of carboxylic acid groups (broad SMARTS) is 1. The van der Waals surface area contributed by atoms with Crippen LogP contribution in [0.5, 0.6) is 0 Å². The number of ether oxygens (including phenoxy) is 2. The van der Waals surface area contributed by atoms with Crippen LogP contribution >= 0.6 is 0 Å². The zero-order valence-corrected chi connectivity index (χ0v) is 16.0. The Morgan fingerprint density at radius 3 is 1.96 bits per heavy atom. The molecule has 1 aromatic carbocycles. The van der Waals surface area contributed by atoms with E-state index in [1.54, 1.807) is 12.1 Å². The molecular weight excluding hydrogens is 366 g/mol. The van der Waals surface area contributed by atoms with Crippen molar-refractivity contribution in [2.75, 3.05) is 5.32 Å². The number of esters is 2. The molecule has 1 aliphatic carbocycles. The van der Waals surface area contributed by atoms with E-state index in [4.69, 9.17) is 4.74 Å². The van der Waals surface area contributed by atoms with Gasteiger partial charge in [-0.3, -0.25) is 14.4 Å². The first kappa shape index (κ1) is 21.4. The normalized spacial score (nSPS) is 16.5. The van der Waals surface area contributed by atoms with Gasteiger partial charge in [0.05, 0.1) is 0 Å². The van der Waals surface area contributed by atoms with Crippen LogP contribution in [0.25, 0.3) is 0 Å². The predicted octanol–water partition coefficient (Wildman–Crippen LogP) is 2.62. The molecule has 1 aromatic rings. The lowest BCUT2D eigenvalue weighted by Gasteiger charge is -2.23. The lowest BCUT2D eigenvalue weighted by atomic mass is 9.84. The van der Waals surface area contributed by atoms with Crippen molar-refractivity contribution < 1.29 is 33.8 Å². The van der Waals surface area contributed by atoms with Gasteiger partial charge in [0, 0.05) is 19.5 Å². The van der Waals surface area contributed by atoms with Gasteiger partial charge in [-0.05, 0) is 36.5 Å². The molecule has 1 aliphatic rings. The van der Waals surface area contributed by atoms with Gasteiger partial charge in [-0.2, -0.15) is 0 Å². The summed E-state index contributed by atoms with van der Waals surface area (Å²) in [5.74, 6) is -3.76. The van der Waals surface area contributed by atoms with Crippen LogP contribution in [0.1, 0.15) is 57.4 Å². The number of carbonyl (C=O) groups is 4. The van der Waals surface area contributed by atoms with E-state index in [1.807, 2.05) is 12.1 Å². The number of carboxylic acids is 1. The number of benzene rings is 1. The van der Waals surface area contributed by atoms with Crippen molar-refractivity contribution in [3.05, 3.63) is 29.8 Å². The number of amides is 1. The average Bonchev–Trinajstić information content (AvgIpc) is 2.65. The molecule has 0 aromatic heterocycles. The van der Waals surface area contributed by atoms with E-state index in [1.165, 1.54) is 24.8 Å². The van der Waals surface area contributed by atoms with Crippen LogP contribution in [0.2, 0.25) is 0 Å². The Balaban J connectivity index is 2.12. The maximum Gasteiger partial charge on any atom is 0.349 e. The lowest BCUT2D eigenvalue weighted by Crippen LogP contribution is -2.47. The van der Waals surface area contributed by atoms with Crippen LogP contribution in [0, 0.1) is 0 Å². The number of hydrogen-bond donors (Lipinski definition) is 2. The molecule has 0 spiro atoms. The second-order valence-electron chi connectivity index (χ2n) is 6.84. The Labute approximate surface area is 163 Å². The summed E-state index contributed by atoms with van der Waals surface area (Å²) in [5, 5.41) is 11.8. The van der Waals surface area contributed by atoms with Crippen LogP contribution in [0.3, 0.4) is 0 Å². The molecule has 0 aliphatic heterocycles. The molecule has 2 N–H and O–H groups in total. The smallest absolute Gasteiger partial charge is 0.349 e. The summed E-state index contributed by atoms with van der Waals surface area (Å²) >= 11 is 0. The van der Waals surface area contributed by atoms with Gasteiger partial charge in [0.15, 0.2) is 0 Å². The maximum absolute atomic E-state index is 12.5. The third-order valence-corrected chi connectivity index (χ3v) is 4.62. The minimum absolute atomic E-state index is 0.425. The Morgan fingerprint density at radius 1 is 0.929 bits per heavy atom. The SMILES string of the molecule is CC(=O)O[C@@H](C(=O)O)[C@@H](OC(C)=O)C(=O)Nc1ccc(C2CCCCC2)cc1. The van der Waals surface area contributed by atoms with E-state index in [0.29, 0.717) is 11.6 Å². The summed E-state index contributed by atoms with van der Waals surface area (Å²) in [6, 6.07) is 7.28. The standard InChI is InChI=1S/C20H25NO7/c1-12(22)27-17(18(20(25)26)28-13(2)23)19(24)21-16-10-8-15(9-11-16)14-6-4-3-5-7-14/h8-11,14,17-18H,3-7H2,1-2H3,(H,21,24)(H,25,26)/t17-,18-/m1/s1. The minimum Gasteiger partial charge on any atom is -0.478 e. The van der Waals surface area contributed by atoms with Gasteiger partial charge in [0.25, 0.3) is 5.91 Å². The highest BCUT2D eigenvalue weighted by Gasteiger charge is 2.39. The zero-order valence-electron chi connectivity index (χ0n) is 16.0. The first-order valence-corrected chi connectivity index (χ1v) is 9.26. The highest BCUT2D eigenvalue weighted by molar-refractivity contribution is 5.99. The summed E-state index contributed by atoms with van der Waals surface area (Å²) < 4.78 is 9.47. The van der Waals surface area contributed by atoms with Gasteiger partial charge in [0.2, 0.25) is 12.2 Å². The molecule has 8 nitrogen and oxygen atoms in total. The molecule has 8 heteroatoms. The third-order valence-electron chi connectivity index (χ3n) is 4.62. The number of anilines is 1.